The second-order valence-corrected chi connectivity index (χ2v) is 6.08. The third-order valence-electron chi connectivity index (χ3n) is 3.92. The minimum Gasteiger partial charge on any atom is -0.490 e. The number of hydrogen-bond donors (Lipinski definition) is 2. The Kier molecular flexibility index (Phi) is 12.7. The minimum atomic E-state index is -2.93. The van der Waals surface area contributed by atoms with Crippen LogP contribution in [0.1, 0.15) is 32.3 Å². The Hall–Kier alpha value is -2.18. The Morgan fingerprint density at radius 3 is 2.60 bits per heavy atom. The lowest BCUT2D eigenvalue weighted by atomic mass is 10.2. The van der Waals surface area contributed by atoms with Crippen LogP contribution in [0.4, 0.5) is 8.78 Å². The van der Waals surface area contributed by atoms with E-state index in [2.05, 4.69) is 30.6 Å². The van der Waals surface area contributed by atoms with E-state index in [4.69, 9.17) is 4.74 Å². The molecule has 0 fully saturated rings. The first-order chi connectivity index (χ1) is 14.1. The molecule has 0 radical (unpaired) electrons. The van der Waals surface area contributed by atoms with E-state index < -0.39 is 6.61 Å². The summed E-state index contributed by atoms with van der Waals surface area (Å²) in [6, 6.07) is 5.04. The summed E-state index contributed by atoms with van der Waals surface area (Å²) in [6.07, 6.45) is 5.28. The van der Waals surface area contributed by atoms with Crippen LogP contribution in [0.2, 0.25) is 0 Å². The van der Waals surface area contributed by atoms with Crippen molar-refractivity contribution >= 4 is 29.9 Å². The number of halogens is 3. The molecule has 2 aromatic rings. The van der Waals surface area contributed by atoms with Gasteiger partial charge in [0.2, 0.25) is 0 Å². The molecule has 2 rings (SSSR count). The number of nitrogens with zero attached hydrogens (tertiary/aromatic N) is 4. The lowest BCUT2D eigenvalue weighted by Crippen LogP contribution is -2.37. The number of para-hydroxylation sites is 1. The molecule has 11 heteroatoms. The van der Waals surface area contributed by atoms with Gasteiger partial charge in [-0.1, -0.05) is 12.1 Å². The molecule has 1 aromatic heterocycles. The summed E-state index contributed by atoms with van der Waals surface area (Å²) in [4.78, 5) is 4.49. The molecule has 0 aliphatic heterocycles. The number of benzene rings is 1. The summed E-state index contributed by atoms with van der Waals surface area (Å²) in [5.74, 6) is 0.923. The number of rotatable bonds is 12. The first-order valence-electron chi connectivity index (χ1n) is 9.68. The topological polar surface area (TPSA) is 85.6 Å². The van der Waals surface area contributed by atoms with E-state index in [-0.39, 0.29) is 42.0 Å². The maximum Gasteiger partial charge on any atom is 0.387 e. The molecule has 168 valence electrons. The monoisotopic (exact) mass is 538 g/mol. The first kappa shape index (κ1) is 25.9. The van der Waals surface area contributed by atoms with Gasteiger partial charge in [-0.05, 0) is 32.8 Å². The number of hydrogen-bond acceptors (Lipinski definition) is 5. The van der Waals surface area contributed by atoms with Gasteiger partial charge in [0, 0.05) is 25.2 Å². The van der Waals surface area contributed by atoms with Crippen LogP contribution in [0.5, 0.6) is 11.5 Å². The van der Waals surface area contributed by atoms with E-state index in [1.807, 2.05) is 11.5 Å². The third-order valence-corrected chi connectivity index (χ3v) is 3.92. The quantitative estimate of drug-likeness (QED) is 0.187. The van der Waals surface area contributed by atoms with E-state index in [0.29, 0.717) is 24.7 Å². The third kappa shape index (κ3) is 9.09. The van der Waals surface area contributed by atoms with Gasteiger partial charge in [-0.25, -0.2) is 4.99 Å². The van der Waals surface area contributed by atoms with Crippen LogP contribution in [0.3, 0.4) is 0 Å². The molecule has 0 saturated heterocycles. The van der Waals surface area contributed by atoms with E-state index in [1.54, 1.807) is 37.8 Å². The van der Waals surface area contributed by atoms with Crippen molar-refractivity contribution in [2.45, 2.75) is 46.4 Å². The lowest BCUT2D eigenvalue weighted by molar-refractivity contribution is -0.0520. The van der Waals surface area contributed by atoms with Crippen LogP contribution >= 0.6 is 24.0 Å². The van der Waals surface area contributed by atoms with Crippen molar-refractivity contribution in [1.29, 1.82) is 0 Å². The molecular weight excluding hydrogens is 509 g/mol. The Morgan fingerprint density at radius 2 is 1.93 bits per heavy atom. The molecule has 0 aliphatic carbocycles. The molecule has 0 aliphatic rings. The van der Waals surface area contributed by atoms with E-state index in [0.717, 1.165) is 25.9 Å². The smallest absolute Gasteiger partial charge is 0.387 e. The Bertz CT molecular complexity index is 747. The summed E-state index contributed by atoms with van der Waals surface area (Å²) in [5.41, 5.74) is 0.529. The van der Waals surface area contributed by atoms with Crippen LogP contribution in [0.25, 0.3) is 0 Å². The zero-order valence-electron chi connectivity index (χ0n) is 17.2. The maximum atomic E-state index is 12.8. The Labute approximate surface area is 192 Å². The molecule has 0 bridgehead atoms. The Morgan fingerprint density at radius 1 is 1.17 bits per heavy atom. The van der Waals surface area contributed by atoms with Gasteiger partial charge in [-0.3, -0.25) is 0 Å². The fourth-order valence-corrected chi connectivity index (χ4v) is 2.65. The van der Waals surface area contributed by atoms with Crippen molar-refractivity contribution in [1.82, 2.24) is 25.4 Å². The molecule has 1 aromatic carbocycles. The highest BCUT2D eigenvalue weighted by atomic mass is 127. The normalized spacial score (nSPS) is 11.2. The molecule has 0 saturated carbocycles. The number of guanidine groups is 1. The summed E-state index contributed by atoms with van der Waals surface area (Å²) in [7, 11) is 0. The summed E-state index contributed by atoms with van der Waals surface area (Å²) >= 11 is 0. The lowest BCUT2D eigenvalue weighted by Gasteiger charge is -2.15. The average Bonchev–Trinajstić information content (AvgIpc) is 3.21. The van der Waals surface area contributed by atoms with E-state index >= 15 is 0 Å². The van der Waals surface area contributed by atoms with Crippen molar-refractivity contribution in [3.05, 3.63) is 36.4 Å². The number of nitrogens with one attached hydrogen (secondary N) is 2. The first-order valence-corrected chi connectivity index (χ1v) is 9.68. The van der Waals surface area contributed by atoms with Gasteiger partial charge in [0.1, 0.15) is 12.7 Å². The summed E-state index contributed by atoms with van der Waals surface area (Å²) < 4.78 is 37.7. The fourth-order valence-electron chi connectivity index (χ4n) is 2.65. The highest BCUT2D eigenvalue weighted by Gasteiger charge is 2.15. The van der Waals surface area contributed by atoms with Crippen molar-refractivity contribution in [3.8, 4) is 11.5 Å². The van der Waals surface area contributed by atoms with Gasteiger partial charge in [0.05, 0.1) is 13.2 Å². The number of unbranched alkanes of at least 4 members (excludes halogenated alkanes) is 1. The Balaban J connectivity index is 0.00000450. The fraction of sp³-hybridized carbons (Fsp3) is 0.526. The maximum absolute atomic E-state index is 12.8. The highest BCUT2D eigenvalue weighted by Crippen LogP contribution is 2.33. The predicted octanol–water partition coefficient (Wildman–Crippen LogP) is 3.43. The molecule has 8 nitrogen and oxygen atoms in total. The molecule has 0 atom stereocenters. The average molecular weight is 538 g/mol. The summed E-state index contributed by atoms with van der Waals surface area (Å²) in [6.45, 7) is 3.61. The van der Waals surface area contributed by atoms with E-state index in [1.165, 1.54) is 0 Å². The van der Waals surface area contributed by atoms with Gasteiger partial charge in [-0.2, -0.15) is 8.78 Å². The predicted molar refractivity (Wildman–Crippen MR) is 122 cm³/mol. The van der Waals surface area contributed by atoms with Crippen LogP contribution in [-0.4, -0.2) is 47.0 Å². The largest absolute Gasteiger partial charge is 0.490 e. The van der Waals surface area contributed by atoms with Gasteiger partial charge < -0.3 is 24.7 Å². The number of aromatic nitrogens is 3. The van der Waals surface area contributed by atoms with Crippen LogP contribution in [-0.2, 0) is 13.1 Å². The molecule has 0 spiro atoms. The van der Waals surface area contributed by atoms with Crippen molar-refractivity contribution in [3.63, 3.8) is 0 Å². The van der Waals surface area contributed by atoms with Crippen molar-refractivity contribution in [2.24, 2.45) is 4.99 Å². The van der Waals surface area contributed by atoms with Gasteiger partial charge in [-0.15, -0.1) is 34.2 Å². The van der Waals surface area contributed by atoms with Crippen LogP contribution in [0, 0.1) is 0 Å². The van der Waals surface area contributed by atoms with E-state index in [9.17, 15) is 8.78 Å². The SMILES string of the molecule is CCNC(=NCc1cccc(OCC)c1OC(F)F)NCCCCn1cnnc1.I. The molecule has 30 heavy (non-hydrogen) atoms. The van der Waals surface area contributed by atoms with Crippen molar-refractivity contribution in [2.75, 3.05) is 19.7 Å². The number of alkyl halides is 2. The standard InChI is InChI=1S/C19H28F2N6O2.HI/c1-3-22-19(23-10-5-6-11-27-13-25-26-14-27)24-12-15-8-7-9-16(28-4-2)17(15)29-18(20)21;/h7-9,13-14,18H,3-6,10-12H2,1-2H3,(H2,22,23,24);1H. The van der Waals surface area contributed by atoms with Gasteiger partial charge in [0.15, 0.2) is 17.5 Å². The zero-order valence-corrected chi connectivity index (χ0v) is 19.5. The highest BCUT2D eigenvalue weighted by molar-refractivity contribution is 14.0. The van der Waals surface area contributed by atoms with Gasteiger partial charge in [0.25, 0.3) is 0 Å². The van der Waals surface area contributed by atoms with Crippen molar-refractivity contribution < 1.29 is 18.3 Å². The van der Waals surface area contributed by atoms with Crippen LogP contribution in [0.15, 0.2) is 35.8 Å². The van der Waals surface area contributed by atoms with Gasteiger partial charge >= 0.3 is 6.61 Å². The molecule has 0 amide bonds. The molecular formula is C19H29F2IN6O2. The second kappa shape index (κ2) is 14.7. The number of aliphatic imine (C=N–C) groups is 1. The molecule has 0 unspecified atom stereocenters. The second-order valence-electron chi connectivity index (χ2n) is 6.08. The van der Waals surface area contributed by atoms with Crippen LogP contribution < -0.4 is 20.1 Å². The molecule has 1 heterocycles. The number of aryl methyl sites for hydroxylation is 1. The number of ether oxygens (including phenoxy) is 2. The minimum absolute atomic E-state index is 0. The summed E-state index contributed by atoms with van der Waals surface area (Å²) in [5, 5.41) is 13.9. The zero-order chi connectivity index (χ0) is 20.9. The molecule has 2 N–H and O–H groups in total.